The normalized spacial score (nSPS) is 23.0. The average Bonchev–Trinajstić information content (AvgIpc) is 3.00. The maximum absolute atomic E-state index is 12.5. The van der Waals surface area contributed by atoms with Crippen LogP contribution in [0.4, 0.5) is 0 Å². The van der Waals surface area contributed by atoms with Crippen LogP contribution in [0, 0.1) is 0 Å². The number of dihydropyridines is 1. The van der Waals surface area contributed by atoms with Gasteiger partial charge in [-0.05, 0) is 37.1 Å². The summed E-state index contributed by atoms with van der Waals surface area (Å²) in [5.74, 6) is 0.316. The molecule has 0 atom stereocenters. The van der Waals surface area contributed by atoms with Crippen LogP contribution in [0.3, 0.4) is 0 Å². The van der Waals surface area contributed by atoms with Crippen LogP contribution in [0.15, 0.2) is 40.1 Å². The van der Waals surface area contributed by atoms with E-state index in [2.05, 4.69) is 11.4 Å². The lowest BCUT2D eigenvalue weighted by Crippen LogP contribution is -2.35. The van der Waals surface area contributed by atoms with Crippen molar-refractivity contribution in [1.82, 2.24) is 5.32 Å². The summed E-state index contributed by atoms with van der Waals surface area (Å²) >= 11 is 1.64. The van der Waals surface area contributed by atoms with Gasteiger partial charge < -0.3 is 5.32 Å². The highest BCUT2D eigenvalue weighted by Crippen LogP contribution is 2.46. The van der Waals surface area contributed by atoms with Crippen LogP contribution in [-0.2, 0) is 9.59 Å². The zero-order chi connectivity index (χ0) is 14.4. The molecule has 108 valence electrons. The molecule has 1 N–H and O–H groups in total. The minimum Gasteiger partial charge on any atom is -0.362 e. The van der Waals surface area contributed by atoms with Gasteiger partial charge in [-0.25, -0.2) is 0 Å². The molecular formula is C17H17NO2S. The minimum atomic E-state index is -0.114. The number of nitrogens with one attached hydrogen (secondary N) is 1. The van der Waals surface area contributed by atoms with Gasteiger partial charge in [0.2, 0.25) is 0 Å². The molecule has 1 aliphatic heterocycles. The average molecular weight is 299 g/mol. The number of Topliss-reactive ketones (excluding diaryl/α,β-unsaturated/α-hetero) is 2. The Kier molecular flexibility index (Phi) is 3.07. The van der Waals surface area contributed by atoms with Crippen LogP contribution >= 0.6 is 11.3 Å². The van der Waals surface area contributed by atoms with E-state index in [1.165, 1.54) is 0 Å². The fourth-order valence-electron chi connectivity index (χ4n) is 3.72. The Morgan fingerprint density at radius 3 is 2.10 bits per heavy atom. The zero-order valence-corrected chi connectivity index (χ0v) is 12.6. The van der Waals surface area contributed by atoms with E-state index in [0.717, 1.165) is 53.1 Å². The van der Waals surface area contributed by atoms with Gasteiger partial charge in [-0.15, -0.1) is 11.3 Å². The minimum absolute atomic E-state index is 0.114. The highest BCUT2D eigenvalue weighted by molar-refractivity contribution is 7.10. The molecule has 3 nitrogen and oxygen atoms in total. The van der Waals surface area contributed by atoms with Gasteiger partial charge in [0.15, 0.2) is 11.6 Å². The van der Waals surface area contributed by atoms with E-state index in [0.29, 0.717) is 12.8 Å². The second kappa shape index (κ2) is 4.95. The molecule has 0 saturated heterocycles. The van der Waals surface area contributed by atoms with Crippen LogP contribution in [0.2, 0.25) is 0 Å². The third-order valence-corrected chi connectivity index (χ3v) is 5.56. The molecule has 0 amide bonds. The molecule has 3 aliphatic rings. The Bertz CT molecular complexity index is 640. The zero-order valence-electron chi connectivity index (χ0n) is 11.8. The first kappa shape index (κ1) is 13.0. The quantitative estimate of drug-likeness (QED) is 0.864. The van der Waals surface area contributed by atoms with Crippen LogP contribution in [0.5, 0.6) is 0 Å². The second-order valence-electron chi connectivity index (χ2n) is 5.91. The van der Waals surface area contributed by atoms with E-state index in [1.54, 1.807) is 11.3 Å². The number of carbonyl (C=O) groups is 2. The Balaban J connectivity index is 1.91. The summed E-state index contributed by atoms with van der Waals surface area (Å²) in [4.78, 5) is 26.1. The van der Waals surface area contributed by atoms with Crippen LogP contribution in [0.25, 0.3) is 0 Å². The summed E-state index contributed by atoms with van der Waals surface area (Å²) in [5, 5.41) is 5.46. The lowest BCUT2D eigenvalue weighted by molar-refractivity contribution is -0.116. The van der Waals surface area contributed by atoms with Crippen molar-refractivity contribution in [2.75, 3.05) is 0 Å². The van der Waals surface area contributed by atoms with Crippen LogP contribution < -0.4 is 5.32 Å². The highest BCUT2D eigenvalue weighted by atomic mass is 32.1. The van der Waals surface area contributed by atoms with E-state index in [1.807, 2.05) is 11.4 Å². The van der Waals surface area contributed by atoms with Crippen molar-refractivity contribution >= 4 is 22.9 Å². The van der Waals surface area contributed by atoms with Crippen molar-refractivity contribution in [2.24, 2.45) is 0 Å². The fourth-order valence-corrected chi connectivity index (χ4v) is 4.57. The summed E-state index contributed by atoms with van der Waals surface area (Å²) < 4.78 is 0. The van der Waals surface area contributed by atoms with Gasteiger partial charge in [0.05, 0.1) is 5.92 Å². The van der Waals surface area contributed by atoms with E-state index >= 15 is 0 Å². The standard InChI is InChI=1S/C17H17NO2S/c19-12-6-1-4-10-15(12)17(14-8-3-9-21-14)16-11(18-10)5-2-7-13(16)20/h3,8-9,17-18H,1-2,4-7H2. The lowest BCUT2D eigenvalue weighted by Gasteiger charge is -2.36. The van der Waals surface area contributed by atoms with Gasteiger partial charge >= 0.3 is 0 Å². The first-order chi connectivity index (χ1) is 10.3. The number of rotatable bonds is 1. The predicted octanol–water partition coefficient (Wildman–Crippen LogP) is 3.45. The number of allylic oxidation sites excluding steroid dienone is 4. The van der Waals surface area contributed by atoms with Crippen LogP contribution in [-0.4, -0.2) is 11.6 Å². The summed E-state index contributed by atoms with van der Waals surface area (Å²) in [6.45, 7) is 0. The van der Waals surface area contributed by atoms with Crippen molar-refractivity contribution < 1.29 is 9.59 Å². The van der Waals surface area contributed by atoms with Crippen molar-refractivity contribution in [3.8, 4) is 0 Å². The van der Waals surface area contributed by atoms with Crippen molar-refractivity contribution in [3.05, 3.63) is 44.9 Å². The Morgan fingerprint density at radius 1 is 0.952 bits per heavy atom. The monoisotopic (exact) mass is 299 g/mol. The Hall–Kier alpha value is -1.68. The van der Waals surface area contributed by atoms with Crippen molar-refractivity contribution in [3.63, 3.8) is 0 Å². The highest BCUT2D eigenvalue weighted by Gasteiger charge is 2.40. The molecular weight excluding hydrogens is 282 g/mol. The maximum atomic E-state index is 12.5. The molecule has 4 rings (SSSR count). The van der Waals surface area contributed by atoms with Gasteiger partial charge in [0, 0.05) is 40.3 Å². The smallest absolute Gasteiger partial charge is 0.161 e. The van der Waals surface area contributed by atoms with Crippen LogP contribution in [0.1, 0.15) is 49.3 Å². The number of ketones is 2. The topological polar surface area (TPSA) is 46.2 Å². The number of carbonyl (C=O) groups excluding carboxylic acids is 2. The molecule has 0 fully saturated rings. The first-order valence-corrected chi connectivity index (χ1v) is 8.46. The van der Waals surface area contributed by atoms with Gasteiger partial charge in [0.25, 0.3) is 0 Å². The van der Waals surface area contributed by atoms with E-state index in [4.69, 9.17) is 0 Å². The summed E-state index contributed by atoms with van der Waals surface area (Å²) in [7, 11) is 0. The number of hydrogen-bond acceptors (Lipinski definition) is 4. The predicted molar refractivity (Wildman–Crippen MR) is 82.0 cm³/mol. The molecule has 1 aromatic heterocycles. The molecule has 0 bridgehead atoms. The lowest BCUT2D eigenvalue weighted by atomic mass is 9.74. The van der Waals surface area contributed by atoms with E-state index in [9.17, 15) is 9.59 Å². The fraction of sp³-hybridized carbons (Fsp3) is 0.412. The molecule has 0 aromatic carbocycles. The Labute approximate surface area is 127 Å². The number of hydrogen-bond donors (Lipinski definition) is 1. The van der Waals surface area contributed by atoms with Gasteiger partial charge in [-0.2, -0.15) is 0 Å². The first-order valence-electron chi connectivity index (χ1n) is 7.58. The maximum Gasteiger partial charge on any atom is 0.161 e. The third-order valence-electron chi connectivity index (χ3n) is 4.62. The molecule has 2 aliphatic carbocycles. The van der Waals surface area contributed by atoms with Gasteiger partial charge in [0.1, 0.15) is 0 Å². The second-order valence-corrected chi connectivity index (χ2v) is 6.89. The SMILES string of the molecule is O=C1CCCC2=C1C(c1cccs1)C1=C(CCCC1=O)N2. The Morgan fingerprint density at radius 2 is 1.57 bits per heavy atom. The molecule has 0 saturated carbocycles. The molecule has 0 unspecified atom stereocenters. The van der Waals surface area contributed by atoms with E-state index < -0.39 is 0 Å². The van der Waals surface area contributed by atoms with Gasteiger partial charge in [-0.3, -0.25) is 9.59 Å². The molecule has 0 radical (unpaired) electrons. The molecule has 2 heterocycles. The molecule has 4 heteroatoms. The van der Waals surface area contributed by atoms with Crippen molar-refractivity contribution in [1.29, 1.82) is 0 Å². The summed E-state index contributed by atoms with van der Waals surface area (Å²) in [6, 6.07) is 4.06. The van der Waals surface area contributed by atoms with Gasteiger partial charge in [-0.1, -0.05) is 6.07 Å². The van der Waals surface area contributed by atoms with E-state index in [-0.39, 0.29) is 17.5 Å². The summed E-state index contributed by atoms with van der Waals surface area (Å²) in [6.07, 6.45) is 4.90. The largest absolute Gasteiger partial charge is 0.362 e. The third kappa shape index (κ3) is 2.01. The summed E-state index contributed by atoms with van der Waals surface area (Å²) in [5.41, 5.74) is 3.85. The molecule has 0 spiro atoms. The molecule has 1 aromatic rings. The van der Waals surface area contributed by atoms with Crippen molar-refractivity contribution in [2.45, 2.75) is 44.4 Å². The molecule has 21 heavy (non-hydrogen) atoms. The number of thiophene rings is 1.